The number of fused-ring (bicyclic) bond motifs is 1. The maximum Gasteiger partial charge on any atom is 0.796 e. The van der Waals surface area contributed by atoms with E-state index < -0.39 is 7.47 Å². The molecule has 0 bridgehead atoms. The van der Waals surface area contributed by atoms with Crippen molar-refractivity contribution >= 4 is 36.7 Å². The molecular weight excluding hydrogens is 341 g/mol. The molecule has 1 aliphatic rings. The fourth-order valence-corrected chi connectivity index (χ4v) is 2.59. The first kappa shape index (κ1) is 17.7. The second kappa shape index (κ2) is 7.82. The molecule has 0 spiro atoms. The highest BCUT2D eigenvalue weighted by molar-refractivity contribution is 6.36. The van der Waals surface area contributed by atoms with Crippen molar-refractivity contribution in [3.63, 3.8) is 0 Å². The summed E-state index contributed by atoms with van der Waals surface area (Å²) in [4.78, 5) is 16.4. The summed E-state index contributed by atoms with van der Waals surface area (Å²) in [5.41, 5.74) is 1.62. The van der Waals surface area contributed by atoms with E-state index in [0.717, 1.165) is 0 Å². The van der Waals surface area contributed by atoms with Gasteiger partial charge in [-0.25, -0.2) is 8.63 Å². The number of nitrogens with zero attached hydrogens (tertiary/aromatic N) is 1. The Morgan fingerprint density at radius 3 is 2.77 bits per heavy atom. The number of benzene rings is 2. The summed E-state index contributed by atoms with van der Waals surface area (Å²) in [6, 6.07) is 13.6. The molecule has 5 nitrogen and oxygen atoms in total. The van der Waals surface area contributed by atoms with Gasteiger partial charge in [-0.2, -0.15) is 0 Å². The van der Waals surface area contributed by atoms with E-state index in [1.807, 2.05) is 0 Å². The Bertz CT molecular complexity index is 884. The number of para-hydroxylation sites is 1. The predicted molar refractivity (Wildman–Crippen MR) is 96.8 cm³/mol. The van der Waals surface area contributed by atoms with Crippen LogP contribution in [0.15, 0.2) is 59.1 Å². The third-order valence-electron chi connectivity index (χ3n) is 3.72. The Kier molecular flexibility index (Phi) is 5.31. The van der Waals surface area contributed by atoms with Crippen LogP contribution in [0, 0.1) is 0 Å². The van der Waals surface area contributed by atoms with Crippen LogP contribution in [-0.4, -0.2) is 26.7 Å². The van der Waals surface area contributed by atoms with Gasteiger partial charge < -0.3 is 14.7 Å². The van der Waals surface area contributed by atoms with Crippen LogP contribution < -0.4 is 10.1 Å². The SMILES string of the molecule is COc1cccc(N=CC2=C(OB(F)F)c3ccccc3NC(=O)C2)c1. The van der Waals surface area contributed by atoms with Gasteiger partial charge in [-0.05, 0) is 24.3 Å². The smallest absolute Gasteiger partial charge is 0.504 e. The molecule has 132 valence electrons. The lowest BCUT2D eigenvalue weighted by atomic mass is 10.1. The summed E-state index contributed by atoms with van der Waals surface area (Å²) in [7, 11) is -1.49. The van der Waals surface area contributed by atoms with Crippen molar-refractivity contribution in [2.75, 3.05) is 12.4 Å². The van der Waals surface area contributed by atoms with Gasteiger partial charge in [0, 0.05) is 23.4 Å². The minimum absolute atomic E-state index is 0.0689. The van der Waals surface area contributed by atoms with E-state index in [0.29, 0.717) is 22.7 Å². The first-order valence-electron chi connectivity index (χ1n) is 7.82. The van der Waals surface area contributed by atoms with E-state index in [-0.39, 0.29) is 23.7 Å². The maximum absolute atomic E-state index is 13.0. The third-order valence-corrected chi connectivity index (χ3v) is 3.72. The summed E-state index contributed by atoms with van der Waals surface area (Å²) >= 11 is 0. The molecule has 0 saturated heterocycles. The van der Waals surface area contributed by atoms with Crippen LogP contribution in [0.2, 0.25) is 0 Å². The monoisotopic (exact) mass is 356 g/mol. The summed E-state index contributed by atoms with van der Waals surface area (Å²) in [5.74, 6) is 0.208. The summed E-state index contributed by atoms with van der Waals surface area (Å²) in [6.07, 6.45) is 1.23. The highest BCUT2D eigenvalue weighted by Gasteiger charge is 2.27. The molecule has 26 heavy (non-hydrogen) atoms. The molecule has 1 heterocycles. The summed E-state index contributed by atoms with van der Waals surface area (Å²) in [5, 5.41) is 2.68. The number of rotatable bonds is 5. The van der Waals surface area contributed by atoms with Crippen LogP contribution in [0.5, 0.6) is 5.75 Å². The van der Waals surface area contributed by atoms with E-state index in [9.17, 15) is 13.4 Å². The number of nitrogens with one attached hydrogen (secondary N) is 1. The minimum Gasteiger partial charge on any atom is -0.504 e. The summed E-state index contributed by atoms with van der Waals surface area (Å²) < 4.78 is 35.8. The van der Waals surface area contributed by atoms with E-state index in [1.54, 1.807) is 48.5 Å². The number of ether oxygens (including phenoxy) is 1. The lowest BCUT2D eigenvalue weighted by Gasteiger charge is -2.12. The van der Waals surface area contributed by atoms with Crippen LogP contribution in [-0.2, 0) is 9.45 Å². The largest absolute Gasteiger partial charge is 0.796 e. The molecule has 2 aromatic rings. The van der Waals surface area contributed by atoms with Gasteiger partial charge in [-0.15, -0.1) is 0 Å². The van der Waals surface area contributed by atoms with Crippen molar-refractivity contribution in [3.05, 3.63) is 59.7 Å². The van der Waals surface area contributed by atoms with Gasteiger partial charge in [0.05, 0.1) is 24.9 Å². The number of hydrogen-bond acceptors (Lipinski definition) is 4. The van der Waals surface area contributed by atoms with Crippen LogP contribution >= 0.6 is 0 Å². The zero-order valence-corrected chi connectivity index (χ0v) is 13.9. The lowest BCUT2D eigenvalue weighted by Crippen LogP contribution is -2.11. The highest BCUT2D eigenvalue weighted by atomic mass is 19.2. The van der Waals surface area contributed by atoms with Gasteiger partial charge in [-0.1, -0.05) is 18.2 Å². The predicted octanol–water partition coefficient (Wildman–Crippen LogP) is 4.09. The minimum atomic E-state index is -3.02. The van der Waals surface area contributed by atoms with Crippen molar-refractivity contribution < 1.29 is 22.8 Å². The molecular formula is C18H15BF2N2O3. The van der Waals surface area contributed by atoms with E-state index >= 15 is 0 Å². The van der Waals surface area contributed by atoms with Gasteiger partial charge in [-0.3, -0.25) is 9.79 Å². The molecule has 3 rings (SSSR count). The van der Waals surface area contributed by atoms with Gasteiger partial charge in [0.2, 0.25) is 5.91 Å². The molecule has 2 aromatic carbocycles. The van der Waals surface area contributed by atoms with Gasteiger partial charge in [0.25, 0.3) is 0 Å². The number of aliphatic imine (C=N–C) groups is 1. The Morgan fingerprint density at radius 1 is 1.19 bits per heavy atom. The van der Waals surface area contributed by atoms with Crippen LogP contribution in [0.1, 0.15) is 12.0 Å². The molecule has 0 unspecified atom stereocenters. The lowest BCUT2D eigenvalue weighted by molar-refractivity contribution is -0.115. The first-order chi connectivity index (χ1) is 12.6. The number of anilines is 1. The summed E-state index contributed by atoms with van der Waals surface area (Å²) in [6.45, 7) is 0. The van der Waals surface area contributed by atoms with Crippen LogP contribution in [0.25, 0.3) is 5.76 Å². The zero-order chi connectivity index (χ0) is 18.5. The molecule has 0 fully saturated rings. The van der Waals surface area contributed by atoms with Crippen molar-refractivity contribution in [1.82, 2.24) is 0 Å². The van der Waals surface area contributed by atoms with E-state index in [1.165, 1.54) is 13.3 Å². The normalized spacial score (nSPS) is 13.9. The van der Waals surface area contributed by atoms with Crippen LogP contribution in [0.4, 0.5) is 20.0 Å². The molecule has 1 amide bonds. The molecule has 0 atom stereocenters. The van der Waals surface area contributed by atoms with Crippen molar-refractivity contribution in [2.24, 2.45) is 4.99 Å². The Balaban J connectivity index is 2.05. The fraction of sp³-hybridized carbons (Fsp3) is 0.111. The molecule has 1 N–H and O–H groups in total. The second-order valence-electron chi connectivity index (χ2n) is 5.46. The van der Waals surface area contributed by atoms with Crippen molar-refractivity contribution in [2.45, 2.75) is 6.42 Å². The molecule has 0 saturated carbocycles. The Morgan fingerprint density at radius 2 is 2.00 bits per heavy atom. The number of hydrogen-bond donors (Lipinski definition) is 1. The number of amides is 1. The Labute approximate surface area is 149 Å². The fourth-order valence-electron chi connectivity index (χ4n) is 2.59. The molecule has 8 heteroatoms. The van der Waals surface area contributed by atoms with Gasteiger partial charge >= 0.3 is 7.47 Å². The van der Waals surface area contributed by atoms with Crippen LogP contribution in [0.3, 0.4) is 0 Å². The Hall–Kier alpha value is -3.16. The molecule has 0 aliphatic carbocycles. The number of halogens is 2. The van der Waals surface area contributed by atoms with Crippen molar-refractivity contribution in [1.29, 1.82) is 0 Å². The highest BCUT2D eigenvalue weighted by Crippen LogP contribution is 2.32. The van der Waals surface area contributed by atoms with Gasteiger partial charge in [0.1, 0.15) is 11.5 Å². The molecule has 0 radical (unpaired) electrons. The molecule has 0 aromatic heterocycles. The maximum atomic E-state index is 13.0. The first-order valence-corrected chi connectivity index (χ1v) is 7.82. The van der Waals surface area contributed by atoms with Crippen molar-refractivity contribution in [3.8, 4) is 5.75 Å². The average molecular weight is 356 g/mol. The average Bonchev–Trinajstić information content (AvgIpc) is 2.76. The standard InChI is InChI=1S/C18H15BF2N2O3/c1-25-14-6-4-5-13(10-14)22-11-12-9-17(24)23-16-8-3-2-7-15(16)18(12)26-19(20)21/h2-8,10-11H,9H2,1H3,(H,23,24). The quantitative estimate of drug-likeness (QED) is 0.648. The third kappa shape index (κ3) is 4.08. The number of carbonyl (C=O) groups is 1. The van der Waals surface area contributed by atoms with E-state index in [4.69, 9.17) is 9.39 Å². The number of methoxy groups -OCH3 is 1. The van der Waals surface area contributed by atoms with Gasteiger partial charge in [0.15, 0.2) is 0 Å². The van der Waals surface area contributed by atoms with E-state index in [2.05, 4.69) is 10.3 Å². The molecule has 1 aliphatic heterocycles. The second-order valence-corrected chi connectivity index (χ2v) is 5.46. The number of carbonyl (C=O) groups excluding carboxylic acids is 1. The zero-order valence-electron chi connectivity index (χ0n) is 13.9. The topological polar surface area (TPSA) is 59.9 Å².